The van der Waals surface area contributed by atoms with Gasteiger partial charge in [-0.1, -0.05) is 29.8 Å². The summed E-state index contributed by atoms with van der Waals surface area (Å²) in [5.74, 6) is 1.59. The van der Waals surface area contributed by atoms with E-state index >= 15 is 0 Å². The van der Waals surface area contributed by atoms with Crippen LogP contribution in [0, 0.1) is 0 Å². The number of benzene rings is 1. The topological polar surface area (TPSA) is 49.8 Å². The molecule has 0 saturated heterocycles. The Morgan fingerprint density at radius 3 is 2.63 bits per heavy atom. The van der Waals surface area contributed by atoms with E-state index in [1.807, 2.05) is 30.3 Å². The molecule has 0 fully saturated rings. The third-order valence-corrected chi connectivity index (χ3v) is 2.89. The molecule has 100 valence electrons. The molecule has 0 saturated carbocycles. The van der Waals surface area contributed by atoms with Gasteiger partial charge < -0.3 is 10.6 Å². The Bertz CT molecular complexity index is 542. The maximum absolute atomic E-state index is 6.11. The minimum Gasteiger partial charge on any atom is -0.368 e. The van der Waals surface area contributed by atoms with Gasteiger partial charge >= 0.3 is 0 Å². The summed E-state index contributed by atoms with van der Waals surface area (Å²) in [6, 6.07) is 9.98. The van der Waals surface area contributed by atoms with Gasteiger partial charge in [-0.15, -0.1) is 0 Å². The first-order chi connectivity index (χ1) is 9.15. The summed E-state index contributed by atoms with van der Waals surface area (Å²) >= 11 is 6.11. The number of halogens is 1. The number of anilines is 2. The summed E-state index contributed by atoms with van der Waals surface area (Å²) in [7, 11) is 0. The van der Waals surface area contributed by atoms with E-state index in [0.717, 1.165) is 22.2 Å². The van der Waals surface area contributed by atoms with Crippen LogP contribution in [0.1, 0.15) is 19.4 Å². The Morgan fingerprint density at radius 2 is 1.89 bits per heavy atom. The minimum atomic E-state index is 0.339. The lowest BCUT2D eigenvalue weighted by Crippen LogP contribution is -2.11. The molecular weight excluding hydrogens is 260 g/mol. The average Bonchev–Trinajstić information content (AvgIpc) is 2.37. The first-order valence-electron chi connectivity index (χ1n) is 6.21. The van der Waals surface area contributed by atoms with Crippen molar-refractivity contribution in [1.82, 2.24) is 9.97 Å². The highest BCUT2D eigenvalue weighted by Crippen LogP contribution is 2.17. The van der Waals surface area contributed by atoms with Gasteiger partial charge in [0.15, 0.2) is 0 Å². The van der Waals surface area contributed by atoms with Crippen LogP contribution in [-0.4, -0.2) is 16.0 Å². The predicted octanol–water partition coefficient (Wildman–Crippen LogP) is 3.56. The van der Waals surface area contributed by atoms with Crippen LogP contribution < -0.4 is 10.6 Å². The van der Waals surface area contributed by atoms with E-state index in [0.29, 0.717) is 12.6 Å². The Labute approximate surface area is 118 Å². The predicted molar refractivity (Wildman–Crippen MR) is 79.6 cm³/mol. The molecule has 0 aliphatic heterocycles. The zero-order chi connectivity index (χ0) is 13.7. The molecular formula is C14H17ClN4. The van der Waals surface area contributed by atoms with Crippen LogP contribution in [0.2, 0.25) is 5.02 Å². The Morgan fingerprint density at radius 1 is 1.16 bits per heavy atom. The number of hydrogen-bond acceptors (Lipinski definition) is 4. The lowest BCUT2D eigenvalue weighted by molar-refractivity contribution is 0.886. The van der Waals surface area contributed by atoms with E-state index in [1.165, 1.54) is 0 Å². The molecule has 1 heterocycles. The second-order valence-corrected chi connectivity index (χ2v) is 4.94. The third kappa shape index (κ3) is 4.10. The first-order valence-corrected chi connectivity index (χ1v) is 6.59. The van der Waals surface area contributed by atoms with Crippen LogP contribution in [0.25, 0.3) is 0 Å². The van der Waals surface area contributed by atoms with Crippen LogP contribution in [0.5, 0.6) is 0 Å². The van der Waals surface area contributed by atoms with Crippen LogP contribution in [-0.2, 0) is 6.54 Å². The molecule has 0 unspecified atom stereocenters. The first kappa shape index (κ1) is 13.6. The maximum atomic E-state index is 6.11. The van der Waals surface area contributed by atoms with Gasteiger partial charge in [0.1, 0.15) is 18.0 Å². The molecule has 1 aromatic heterocycles. The second kappa shape index (κ2) is 6.38. The van der Waals surface area contributed by atoms with Gasteiger partial charge in [0, 0.05) is 23.7 Å². The molecule has 0 bridgehead atoms. The molecule has 0 aliphatic carbocycles. The summed E-state index contributed by atoms with van der Waals surface area (Å²) in [5, 5.41) is 7.23. The normalized spacial score (nSPS) is 10.5. The molecule has 2 rings (SSSR count). The third-order valence-electron chi connectivity index (χ3n) is 2.52. The summed E-state index contributed by atoms with van der Waals surface area (Å²) in [5.41, 5.74) is 1.04. The number of rotatable bonds is 5. The lowest BCUT2D eigenvalue weighted by atomic mass is 10.2. The van der Waals surface area contributed by atoms with Gasteiger partial charge in [0.05, 0.1) is 0 Å². The zero-order valence-corrected chi connectivity index (χ0v) is 11.8. The van der Waals surface area contributed by atoms with Gasteiger partial charge in [0.2, 0.25) is 0 Å². The van der Waals surface area contributed by atoms with Gasteiger partial charge in [-0.2, -0.15) is 0 Å². The highest BCUT2D eigenvalue weighted by atomic mass is 35.5. The molecule has 19 heavy (non-hydrogen) atoms. The van der Waals surface area contributed by atoms with Crippen molar-refractivity contribution in [2.45, 2.75) is 26.4 Å². The van der Waals surface area contributed by atoms with Crippen molar-refractivity contribution in [2.24, 2.45) is 0 Å². The van der Waals surface area contributed by atoms with Crippen molar-refractivity contribution in [2.75, 3.05) is 10.6 Å². The number of nitrogens with one attached hydrogen (secondary N) is 2. The van der Waals surface area contributed by atoms with E-state index < -0.39 is 0 Å². The molecule has 0 amide bonds. The van der Waals surface area contributed by atoms with Crippen molar-refractivity contribution in [3.8, 4) is 0 Å². The van der Waals surface area contributed by atoms with E-state index in [2.05, 4.69) is 34.4 Å². The summed E-state index contributed by atoms with van der Waals surface area (Å²) in [4.78, 5) is 8.35. The van der Waals surface area contributed by atoms with Gasteiger partial charge in [-0.05, 0) is 25.5 Å². The molecule has 1 aromatic carbocycles. The molecule has 2 aromatic rings. The van der Waals surface area contributed by atoms with Crippen molar-refractivity contribution in [3.63, 3.8) is 0 Å². The molecule has 0 spiro atoms. The van der Waals surface area contributed by atoms with Gasteiger partial charge in [-0.3, -0.25) is 0 Å². The molecule has 0 atom stereocenters. The SMILES string of the molecule is CC(C)Nc1cc(NCc2ccccc2Cl)ncn1. The summed E-state index contributed by atoms with van der Waals surface area (Å²) < 4.78 is 0. The number of aromatic nitrogens is 2. The highest BCUT2D eigenvalue weighted by Gasteiger charge is 2.02. The van der Waals surface area contributed by atoms with Crippen molar-refractivity contribution in [1.29, 1.82) is 0 Å². The van der Waals surface area contributed by atoms with E-state index in [1.54, 1.807) is 6.33 Å². The Balaban J connectivity index is 2.02. The minimum absolute atomic E-state index is 0.339. The van der Waals surface area contributed by atoms with Crippen LogP contribution >= 0.6 is 11.6 Å². The van der Waals surface area contributed by atoms with Crippen LogP contribution in [0.4, 0.5) is 11.6 Å². The quantitative estimate of drug-likeness (QED) is 0.877. The number of nitrogens with zero attached hydrogens (tertiary/aromatic N) is 2. The van der Waals surface area contributed by atoms with Crippen molar-refractivity contribution in [3.05, 3.63) is 47.2 Å². The smallest absolute Gasteiger partial charge is 0.131 e. The fourth-order valence-corrected chi connectivity index (χ4v) is 1.86. The molecule has 2 N–H and O–H groups in total. The fraction of sp³-hybridized carbons (Fsp3) is 0.286. The monoisotopic (exact) mass is 276 g/mol. The van der Waals surface area contributed by atoms with E-state index in [4.69, 9.17) is 11.6 Å². The highest BCUT2D eigenvalue weighted by molar-refractivity contribution is 6.31. The number of hydrogen-bond donors (Lipinski definition) is 2. The van der Waals surface area contributed by atoms with Crippen molar-refractivity contribution < 1.29 is 0 Å². The zero-order valence-electron chi connectivity index (χ0n) is 11.0. The van der Waals surface area contributed by atoms with Crippen LogP contribution in [0.3, 0.4) is 0 Å². The summed E-state index contributed by atoms with van der Waals surface area (Å²) in [6.45, 7) is 4.77. The molecule has 0 aliphatic rings. The summed E-state index contributed by atoms with van der Waals surface area (Å²) in [6.07, 6.45) is 1.54. The van der Waals surface area contributed by atoms with E-state index in [-0.39, 0.29) is 0 Å². The standard InChI is InChI=1S/C14H17ClN4/c1-10(2)19-14-7-13(17-9-18-14)16-8-11-5-3-4-6-12(11)15/h3-7,9-10H,8H2,1-2H3,(H2,16,17,18,19). The van der Waals surface area contributed by atoms with Crippen molar-refractivity contribution >= 4 is 23.2 Å². The average molecular weight is 277 g/mol. The maximum Gasteiger partial charge on any atom is 0.131 e. The molecule has 0 radical (unpaired) electrons. The second-order valence-electron chi connectivity index (χ2n) is 4.53. The van der Waals surface area contributed by atoms with Crippen LogP contribution in [0.15, 0.2) is 36.7 Å². The fourth-order valence-electron chi connectivity index (χ4n) is 1.66. The molecule has 5 heteroatoms. The van der Waals surface area contributed by atoms with Gasteiger partial charge in [-0.25, -0.2) is 9.97 Å². The lowest BCUT2D eigenvalue weighted by Gasteiger charge is -2.11. The van der Waals surface area contributed by atoms with Gasteiger partial charge in [0.25, 0.3) is 0 Å². The Hall–Kier alpha value is -1.81. The largest absolute Gasteiger partial charge is 0.368 e. The Kier molecular flexibility index (Phi) is 4.58. The van der Waals surface area contributed by atoms with E-state index in [9.17, 15) is 0 Å². The molecule has 4 nitrogen and oxygen atoms in total.